The third-order valence-corrected chi connectivity index (χ3v) is 3.38. The van der Waals surface area contributed by atoms with Crippen LogP contribution in [0.25, 0.3) is 0 Å². The van der Waals surface area contributed by atoms with Gasteiger partial charge in [0, 0.05) is 17.7 Å². The van der Waals surface area contributed by atoms with Gasteiger partial charge in [0.15, 0.2) is 5.78 Å². The number of ketones is 1. The fourth-order valence-electron chi connectivity index (χ4n) is 2.02. The van der Waals surface area contributed by atoms with Gasteiger partial charge in [-0.2, -0.15) is 0 Å². The number of anilines is 1. The Morgan fingerprint density at radius 2 is 1.54 bits per heavy atom. The van der Waals surface area contributed by atoms with E-state index < -0.39 is 5.97 Å². The molecule has 0 saturated carbocycles. The monoisotopic (exact) mass is 325 g/mol. The van der Waals surface area contributed by atoms with Gasteiger partial charge < -0.3 is 10.1 Å². The molecule has 124 valence electrons. The van der Waals surface area contributed by atoms with E-state index >= 15 is 0 Å². The summed E-state index contributed by atoms with van der Waals surface area (Å²) in [7, 11) is 0. The van der Waals surface area contributed by atoms with Gasteiger partial charge in [0.1, 0.15) is 5.75 Å². The molecule has 0 aromatic heterocycles. The van der Waals surface area contributed by atoms with Gasteiger partial charge in [-0.3, -0.25) is 14.4 Å². The summed E-state index contributed by atoms with van der Waals surface area (Å²) in [5, 5.41) is 2.68. The van der Waals surface area contributed by atoms with Crippen molar-refractivity contribution in [2.75, 3.05) is 5.32 Å². The number of aryl methyl sites for hydroxylation is 1. The van der Waals surface area contributed by atoms with Crippen LogP contribution >= 0.6 is 0 Å². The number of carbonyl (C=O) groups is 3. The zero-order chi connectivity index (χ0) is 17.5. The summed E-state index contributed by atoms with van der Waals surface area (Å²) in [6.45, 7) is 3.42. The minimum absolute atomic E-state index is 0.00869. The van der Waals surface area contributed by atoms with Crippen molar-refractivity contribution in [3.8, 4) is 5.75 Å². The molecule has 0 fully saturated rings. The molecule has 2 rings (SSSR count). The van der Waals surface area contributed by atoms with E-state index in [9.17, 15) is 14.4 Å². The normalized spacial score (nSPS) is 10.1. The third kappa shape index (κ3) is 5.35. The molecule has 2 aromatic carbocycles. The fourth-order valence-corrected chi connectivity index (χ4v) is 2.02. The third-order valence-electron chi connectivity index (χ3n) is 3.38. The van der Waals surface area contributed by atoms with Gasteiger partial charge in [0.2, 0.25) is 5.91 Å². The highest BCUT2D eigenvalue weighted by molar-refractivity contribution is 5.96. The number of carbonyl (C=O) groups excluding carboxylic acids is 3. The summed E-state index contributed by atoms with van der Waals surface area (Å²) in [5.74, 6) is -0.315. The smallest absolute Gasteiger partial charge is 0.311 e. The number of benzene rings is 2. The first-order valence-electron chi connectivity index (χ1n) is 7.62. The van der Waals surface area contributed by atoms with Crippen molar-refractivity contribution in [3.63, 3.8) is 0 Å². The second-order valence-electron chi connectivity index (χ2n) is 5.47. The van der Waals surface area contributed by atoms with Crippen molar-refractivity contribution in [2.24, 2.45) is 0 Å². The average molecular weight is 325 g/mol. The summed E-state index contributed by atoms with van der Waals surface area (Å²) in [4.78, 5) is 34.8. The molecule has 0 heterocycles. The molecular weight excluding hydrogens is 306 g/mol. The molecule has 0 spiro atoms. The van der Waals surface area contributed by atoms with Gasteiger partial charge in [-0.15, -0.1) is 0 Å². The lowest BCUT2D eigenvalue weighted by atomic mass is 10.1. The van der Waals surface area contributed by atoms with Crippen LogP contribution in [0.5, 0.6) is 5.75 Å². The SMILES string of the molecule is CC(=O)c1ccc(NC(=O)CCC(=O)Oc2ccc(C)cc2)cc1. The van der Waals surface area contributed by atoms with Crippen molar-refractivity contribution in [2.45, 2.75) is 26.7 Å². The molecule has 0 unspecified atom stereocenters. The van der Waals surface area contributed by atoms with Crippen LogP contribution in [0.1, 0.15) is 35.7 Å². The Morgan fingerprint density at radius 1 is 0.917 bits per heavy atom. The van der Waals surface area contributed by atoms with Crippen LogP contribution in [0.15, 0.2) is 48.5 Å². The van der Waals surface area contributed by atoms with Crippen molar-refractivity contribution in [3.05, 3.63) is 59.7 Å². The Morgan fingerprint density at radius 3 is 2.12 bits per heavy atom. The predicted molar refractivity (Wildman–Crippen MR) is 91.1 cm³/mol. The van der Waals surface area contributed by atoms with Crippen LogP contribution in [0, 0.1) is 6.92 Å². The number of rotatable bonds is 6. The van der Waals surface area contributed by atoms with E-state index in [-0.39, 0.29) is 24.5 Å². The molecule has 24 heavy (non-hydrogen) atoms. The van der Waals surface area contributed by atoms with E-state index in [1.165, 1.54) is 6.92 Å². The summed E-state index contributed by atoms with van der Waals surface area (Å²) in [6, 6.07) is 13.7. The van der Waals surface area contributed by atoms with E-state index in [0.717, 1.165) is 5.56 Å². The minimum Gasteiger partial charge on any atom is -0.427 e. The van der Waals surface area contributed by atoms with Gasteiger partial charge in [-0.25, -0.2) is 0 Å². The largest absolute Gasteiger partial charge is 0.427 e. The first-order chi connectivity index (χ1) is 11.4. The van der Waals surface area contributed by atoms with E-state index in [0.29, 0.717) is 17.0 Å². The lowest BCUT2D eigenvalue weighted by Crippen LogP contribution is -2.16. The molecule has 0 saturated heterocycles. The summed E-state index contributed by atoms with van der Waals surface area (Å²) < 4.78 is 5.16. The van der Waals surface area contributed by atoms with Crippen molar-refractivity contribution in [1.82, 2.24) is 0 Å². The number of nitrogens with one attached hydrogen (secondary N) is 1. The summed E-state index contributed by atoms with van der Waals surface area (Å²) >= 11 is 0. The maximum atomic E-state index is 11.8. The van der Waals surface area contributed by atoms with Gasteiger partial charge in [-0.1, -0.05) is 17.7 Å². The van der Waals surface area contributed by atoms with Gasteiger partial charge in [0.25, 0.3) is 0 Å². The lowest BCUT2D eigenvalue weighted by Gasteiger charge is -2.06. The number of ether oxygens (including phenoxy) is 1. The molecule has 5 heteroatoms. The van der Waals surface area contributed by atoms with Gasteiger partial charge in [0.05, 0.1) is 6.42 Å². The molecule has 0 aliphatic carbocycles. The number of esters is 1. The Bertz CT molecular complexity index is 733. The summed E-state index contributed by atoms with van der Waals surface area (Å²) in [5.41, 5.74) is 2.23. The Labute approximate surface area is 140 Å². The highest BCUT2D eigenvalue weighted by Crippen LogP contribution is 2.13. The molecule has 0 radical (unpaired) electrons. The molecule has 0 bridgehead atoms. The summed E-state index contributed by atoms with van der Waals surface area (Å²) in [6.07, 6.45) is 0.0182. The molecule has 0 aliphatic rings. The van der Waals surface area contributed by atoms with Gasteiger partial charge >= 0.3 is 5.97 Å². The first-order valence-corrected chi connectivity index (χ1v) is 7.62. The topological polar surface area (TPSA) is 72.5 Å². The minimum atomic E-state index is -0.457. The maximum Gasteiger partial charge on any atom is 0.311 e. The van der Waals surface area contributed by atoms with Crippen molar-refractivity contribution < 1.29 is 19.1 Å². The van der Waals surface area contributed by atoms with Crippen LogP contribution in [0.4, 0.5) is 5.69 Å². The van der Waals surface area contributed by atoms with Crippen molar-refractivity contribution >= 4 is 23.3 Å². The van der Waals surface area contributed by atoms with Gasteiger partial charge in [-0.05, 0) is 50.2 Å². The van der Waals surface area contributed by atoms with E-state index in [2.05, 4.69) is 5.32 Å². The highest BCUT2D eigenvalue weighted by atomic mass is 16.5. The number of hydrogen-bond acceptors (Lipinski definition) is 4. The lowest BCUT2D eigenvalue weighted by molar-refractivity contribution is -0.135. The van der Waals surface area contributed by atoms with E-state index in [4.69, 9.17) is 4.74 Å². The number of Topliss-reactive ketones (excluding diaryl/α,β-unsaturated/α-hetero) is 1. The standard InChI is InChI=1S/C19H19NO4/c1-13-3-9-17(10-4-13)24-19(23)12-11-18(22)20-16-7-5-15(6-8-16)14(2)21/h3-10H,11-12H2,1-2H3,(H,20,22). The van der Waals surface area contributed by atoms with Crippen LogP contribution in [0.3, 0.4) is 0 Å². The zero-order valence-electron chi connectivity index (χ0n) is 13.7. The van der Waals surface area contributed by atoms with Crippen LogP contribution < -0.4 is 10.1 Å². The van der Waals surface area contributed by atoms with E-state index in [1.54, 1.807) is 36.4 Å². The average Bonchev–Trinajstić information content (AvgIpc) is 2.55. The Kier molecular flexibility index (Phi) is 5.84. The predicted octanol–water partition coefficient (Wildman–Crippen LogP) is 3.52. The molecule has 1 N–H and O–H groups in total. The first kappa shape index (κ1) is 17.4. The molecule has 0 atom stereocenters. The molecule has 0 aliphatic heterocycles. The Hall–Kier alpha value is -2.95. The molecule has 1 amide bonds. The van der Waals surface area contributed by atoms with Crippen LogP contribution in [-0.2, 0) is 9.59 Å². The Balaban J connectivity index is 1.78. The quantitative estimate of drug-likeness (QED) is 0.501. The number of amides is 1. The number of hydrogen-bond donors (Lipinski definition) is 1. The fraction of sp³-hybridized carbons (Fsp3) is 0.211. The van der Waals surface area contributed by atoms with Crippen molar-refractivity contribution in [1.29, 1.82) is 0 Å². The van der Waals surface area contributed by atoms with E-state index in [1.807, 2.05) is 19.1 Å². The molecular formula is C19H19NO4. The second kappa shape index (κ2) is 8.06. The zero-order valence-corrected chi connectivity index (χ0v) is 13.7. The van der Waals surface area contributed by atoms with Crippen LogP contribution in [-0.4, -0.2) is 17.7 Å². The highest BCUT2D eigenvalue weighted by Gasteiger charge is 2.10. The second-order valence-corrected chi connectivity index (χ2v) is 5.47. The van der Waals surface area contributed by atoms with Crippen LogP contribution in [0.2, 0.25) is 0 Å². The molecule has 5 nitrogen and oxygen atoms in total. The maximum absolute atomic E-state index is 11.8. The molecule has 2 aromatic rings.